The number of aromatic nitrogens is 2. The Morgan fingerprint density at radius 3 is 1.04 bits per heavy atom. The summed E-state index contributed by atoms with van der Waals surface area (Å²) in [5.41, 5.74) is 33.9. The summed E-state index contributed by atoms with van der Waals surface area (Å²) < 4.78 is 5.03. The normalized spacial score (nSPS) is 16.2. The van der Waals surface area contributed by atoms with Crippen molar-refractivity contribution in [3.8, 4) is 44.8 Å². The van der Waals surface area contributed by atoms with Crippen molar-refractivity contribution in [3.05, 3.63) is 282 Å². The Hall–Kier alpha value is -10.1. The van der Waals surface area contributed by atoms with Gasteiger partial charge in [0.25, 0.3) is 6.71 Å². The fourth-order valence-corrected chi connectivity index (χ4v) is 19.0. The summed E-state index contributed by atoms with van der Waals surface area (Å²) in [6, 6.07) is 96.8. The first-order chi connectivity index (χ1) is 47.3. The highest BCUT2D eigenvalue weighted by Crippen LogP contribution is 2.54. The minimum absolute atomic E-state index is 0.0619. The molecule has 18 rings (SSSR count). The minimum atomic E-state index is -0.149. The van der Waals surface area contributed by atoms with Crippen LogP contribution < -0.4 is 26.2 Å². The average molecular weight is 1280 g/mol. The Morgan fingerprint density at radius 1 is 0.283 bits per heavy atom. The summed E-state index contributed by atoms with van der Waals surface area (Å²) in [5, 5.41) is 4.96. The zero-order chi connectivity index (χ0) is 68.2. The Labute approximate surface area is 585 Å². The van der Waals surface area contributed by atoms with Crippen molar-refractivity contribution in [2.24, 2.45) is 0 Å². The van der Waals surface area contributed by atoms with Crippen LogP contribution in [0.4, 0.5) is 34.1 Å². The Morgan fingerprint density at radius 2 is 0.616 bits per heavy atom. The molecule has 4 nitrogen and oxygen atoms in total. The number of nitrogens with zero attached hydrogens (tertiary/aromatic N) is 4. The highest BCUT2D eigenvalue weighted by atomic mass is 15.2. The van der Waals surface area contributed by atoms with Gasteiger partial charge >= 0.3 is 0 Å². The Bertz CT molecular complexity index is 5570. The van der Waals surface area contributed by atoms with Crippen LogP contribution in [0.2, 0.25) is 0 Å². The van der Waals surface area contributed by atoms with Crippen molar-refractivity contribution in [1.82, 2.24) is 9.13 Å². The maximum absolute atomic E-state index is 2.64. The second kappa shape index (κ2) is 21.2. The fraction of sp³-hybridized carbons (Fsp3) is 0.234. The molecule has 0 amide bonds. The smallest absolute Gasteiger partial charge is 0.252 e. The van der Waals surface area contributed by atoms with Gasteiger partial charge in [-0.15, -0.1) is 0 Å². The molecule has 0 atom stereocenters. The van der Waals surface area contributed by atoms with Gasteiger partial charge in [-0.1, -0.05) is 267 Å². The highest BCUT2D eigenvalue weighted by molar-refractivity contribution is 7.00. The SMILES string of the molecule is CC(C)(C)c1cc(-c2ccc3c(c2)N(c2ccc(-c4ccc5c(c4)C(C)(C)CC5(C)C)cc2)c2cc(-n4c5ccccc5c5ccccc54)cc4c2B3c2ccc(-n3c5ccccc5c5ccccc53)cc2N4c2ccc(-c3ccc4c(c3)C(C)(C)CC4(C)C)cc2)cc(C(C)(C)C)c1. The summed E-state index contributed by atoms with van der Waals surface area (Å²) in [4.78, 5) is 5.26. The molecule has 5 heteroatoms. The van der Waals surface area contributed by atoms with Crippen LogP contribution >= 0.6 is 0 Å². The lowest BCUT2D eigenvalue weighted by atomic mass is 9.33. The van der Waals surface area contributed by atoms with E-state index < -0.39 is 0 Å². The van der Waals surface area contributed by atoms with E-state index in [2.05, 4.69) is 365 Å². The van der Waals surface area contributed by atoms with E-state index in [-0.39, 0.29) is 39.2 Å². The minimum Gasteiger partial charge on any atom is -0.311 e. The van der Waals surface area contributed by atoms with E-state index in [9.17, 15) is 0 Å². The van der Waals surface area contributed by atoms with Crippen LogP contribution in [0.1, 0.15) is 143 Å². The van der Waals surface area contributed by atoms with Gasteiger partial charge < -0.3 is 18.9 Å². The molecule has 0 fully saturated rings. The number of anilines is 6. The van der Waals surface area contributed by atoms with E-state index in [4.69, 9.17) is 0 Å². The molecule has 0 bridgehead atoms. The number of hydrogen-bond donors (Lipinski definition) is 0. The lowest BCUT2D eigenvalue weighted by Gasteiger charge is -2.44. The third kappa shape index (κ3) is 9.46. The predicted molar refractivity (Wildman–Crippen MR) is 424 cm³/mol. The molecule has 2 aliphatic heterocycles. The molecule has 0 N–H and O–H groups in total. The standard InChI is InChI=1S/C94H87BN4/c1-89(2,3)64-47-63(48-65(52-64)90(4,5)6)62-37-45-78-84(51-62)96(66-38-31-58(32-39-66)60-35-43-74-76(49-60)93(11,12)56-91(74,7)8)86-54-69(99-82-29-21-17-25-72(82)73-26-18-22-30-83(73)99)55-87-88(86)95(78)79-46-42-68(98-80-27-19-15-23-70(80)71-24-16-20-28-81(71)98)53-85(79)97(87)67-40-33-59(34-41-67)61-36-44-75-77(50-61)94(13,14)57-92(75,9)10/h15-55H,56-57H2,1-14H3. The van der Waals surface area contributed by atoms with Gasteiger partial charge in [-0.25, -0.2) is 0 Å². The number of para-hydroxylation sites is 4. The lowest BCUT2D eigenvalue weighted by molar-refractivity contribution is 0.402. The molecular weight excluding hydrogens is 1200 g/mol. The molecule has 486 valence electrons. The van der Waals surface area contributed by atoms with Crippen LogP contribution in [-0.4, -0.2) is 15.8 Å². The number of hydrogen-bond acceptors (Lipinski definition) is 2. The maximum Gasteiger partial charge on any atom is 0.252 e. The zero-order valence-electron chi connectivity index (χ0n) is 60.0. The molecule has 4 aliphatic rings. The summed E-state index contributed by atoms with van der Waals surface area (Å²) >= 11 is 0. The van der Waals surface area contributed by atoms with Crippen molar-refractivity contribution in [1.29, 1.82) is 0 Å². The van der Waals surface area contributed by atoms with Crippen LogP contribution in [0.5, 0.6) is 0 Å². The Kier molecular flexibility index (Phi) is 13.1. The van der Waals surface area contributed by atoms with Crippen LogP contribution in [0.25, 0.3) is 88.4 Å². The van der Waals surface area contributed by atoms with E-state index in [1.54, 1.807) is 0 Å². The fourth-order valence-electron chi connectivity index (χ4n) is 19.0. The first-order valence-corrected chi connectivity index (χ1v) is 36.0. The van der Waals surface area contributed by atoms with Crippen molar-refractivity contribution >= 4 is 101 Å². The van der Waals surface area contributed by atoms with Crippen molar-refractivity contribution in [2.75, 3.05) is 9.80 Å². The second-order valence-corrected chi connectivity index (χ2v) is 34.1. The molecule has 4 heterocycles. The number of benzene rings is 12. The van der Waals surface area contributed by atoms with Gasteiger partial charge in [-0.2, -0.15) is 0 Å². The maximum atomic E-state index is 2.64. The van der Waals surface area contributed by atoms with E-state index in [0.717, 1.165) is 52.7 Å². The van der Waals surface area contributed by atoms with Gasteiger partial charge in [0.15, 0.2) is 0 Å². The molecule has 0 radical (unpaired) electrons. The van der Waals surface area contributed by atoms with Crippen LogP contribution in [0, 0.1) is 0 Å². The quantitative estimate of drug-likeness (QED) is 0.148. The summed E-state index contributed by atoms with van der Waals surface area (Å²) in [7, 11) is 0. The molecule has 2 aliphatic carbocycles. The van der Waals surface area contributed by atoms with Crippen LogP contribution in [0.15, 0.2) is 249 Å². The van der Waals surface area contributed by atoms with E-state index in [1.807, 2.05) is 0 Å². The third-order valence-corrected chi connectivity index (χ3v) is 23.4. The van der Waals surface area contributed by atoms with E-state index in [0.29, 0.717) is 0 Å². The topological polar surface area (TPSA) is 16.3 Å². The van der Waals surface area contributed by atoms with Crippen LogP contribution in [-0.2, 0) is 32.5 Å². The molecule has 0 saturated carbocycles. The number of fused-ring (bicyclic) bond motifs is 12. The summed E-state index contributed by atoms with van der Waals surface area (Å²) in [6.07, 6.45) is 2.26. The third-order valence-electron chi connectivity index (χ3n) is 23.4. The highest BCUT2D eigenvalue weighted by Gasteiger charge is 2.46. The van der Waals surface area contributed by atoms with Crippen LogP contribution in [0.3, 0.4) is 0 Å². The molecule has 2 aromatic heterocycles. The molecule has 0 spiro atoms. The van der Waals surface area contributed by atoms with Gasteiger partial charge in [0, 0.05) is 61.4 Å². The monoisotopic (exact) mass is 1280 g/mol. The molecule has 12 aromatic carbocycles. The lowest BCUT2D eigenvalue weighted by Crippen LogP contribution is -2.61. The summed E-state index contributed by atoms with van der Waals surface area (Å²) in [6.45, 7) is 33.3. The summed E-state index contributed by atoms with van der Waals surface area (Å²) in [5.74, 6) is 0. The first-order valence-electron chi connectivity index (χ1n) is 36.0. The van der Waals surface area contributed by atoms with Crippen molar-refractivity contribution < 1.29 is 0 Å². The Balaban J connectivity index is 0.925. The molecule has 0 saturated heterocycles. The first kappa shape index (κ1) is 61.3. The second-order valence-electron chi connectivity index (χ2n) is 34.1. The van der Waals surface area contributed by atoms with E-state index in [1.165, 1.54) is 132 Å². The van der Waals surface area contributed by atoms with Gasteiger partial charge in [0.05, 0.1) is 27.8 Å². The van der Waals surface area contributed by atoms with Gasteiger partial charge in [-0.05, 0) is 207 Å². The average Bonchev–Trinajstić information content (AvgIpc) is 1.42. The van der Waals surface area contributed by atoms with Gasteiger partial charge in [0.2, 0.25) is 0 Å². The molecule has 0 unspecified atom stereocenters. The van der Waals surface area contributed by atoms with Crippen molar-refractivity contribution in [2.45, 2.75) is 142 Å². The zero-order valence-corrected chi connectivity index (χ0v) is 60.0. The van der Waals surface area contributed by atoms with Crippen molar-refractivity contribution in [3.63, 3.8) is 0 Å². The predicted octanol–water partition coefficient (Wildman–Crippen LogP) is 23.5. The largest absolute Gasteiger partial charge is 0.311 e. The molecule has 99 heavy (non-hydrogen) atoms. The van der Waals surface area contributed by atoms with Gasteiger partial charge in [-0.3, -0.25) is 0 Å². The molecular formula is C94H87BN4. The van der Waals surface area contributed by atoms with E-state index >= 15 is 0 Å². The van der Waals surface area contributed by atoms with Gasteiger partial charge in [0.1, 0.15) is 0 Å². The molecule has 14 aromatic rings. The number of rotatable bonds is 7.